The second-order valence-corrected chi connectivity index (χ2v) is 6.19. The molecule has 0 atom stereocenters. The quantitative estimate of drug-likeness (QED) is 0.636. The van der Waals surface area contributed by atoms with Gasteiger partial charge in [-0.2, -0.15) is 0 Å². The molecule has 0 aliphatic rings. The van der Waals surface area contributed by atoms with Crippen molar-refractivity contribution in [3.05, 3.63) is 71.2 Å². The van der Waals surface area contributed by atoms with Crippen LogP contribution in [0.25, 0.3) is 11.3 Å². The van der Waals surface area contributed by atoms with E-state index in [9.17, 15) is 9.59 Å². The number of nitrogens with one attached hydrogen (secondary N) is 1. The van der Waals surface area contributed by atoms with Gasteiger partial charge in [-0.1, -0.05) is 23.7 Å². The topological polar surface area (TPSA) is 72.2 Å². The van der Waals surface area contributed by atoms with Gasteiger partial charge in [0.1, 0.15) is 0 Å². The maximum atomic E-state index is 12.1. The molecule has 1 heterocycles. The first-order valence-electron chi connectivity index (χ1n) is 8.13. The van der Waals surface area contributed by atoms with Crippen LogP contribution >= 0.6 is 11.6 Å². The molecule has 0 saturated carbocycles. The van der Waals surface area contributed by atoms with E-state index in [-0.39, 0.29) is 18.1 Å². The predicted molar refractivity (Wildman–Crippen MR) is 100 cm³/mol. The standard InChI is InChI=1S/C20H17ClN2O3/c1-13(24)14-6-8-15(9-7-14)23-19(25)10-11-20-22-12-18(26-20)16-4-2-3-5-17(16)21/h2-9,12H,10-11H2,1H3,(H,23,25). The van der Waals surface area contributed by atoms with Crippen LogP contribution in [-0.4, -0.2) is 16.7 Å². The van der Waals surface area contributed by atoms with Crippen LogP contribution in [0.15, 0.2) is 59.1 Å². The summed E-state index contributed by atoms with van der Waals surface area (Å²) in [5, 5.41) is 3.37. The molecule has 0 unspecified atom stereocenters. The van der Waals surface area contributed by atoms with Gasteiger partial charge in [-0.25, -0.2) is 4.98 Å². The molecule has 2 aromatic carbocycles. The molecule has 132 valence electrons. The van der Waals surface area contributed by atoms with Gasteiger partial charge in [0.2, 0.25) is 5.91 Å². The highest BCUT2D eigenvalue weighted by molar-refractivity contribution is 6.33. The van der Waals surface area contributed by atoms with Crippen molar-refractivity contribution in [2.45, 2.75) is 19.8 Å². The molecule has 0 saturated heterocycles. The second-order valence-electron chi connectivity index (χ2n) is 5.78. The number of benzene rings is 2. The van der Waals surface area contributed by atoms with Crippen molar-refractivity contribution in [2.24, 2.45) is 0 Å². The number of halogens is 1. The number of aromatic nitrogens is 1. The zero-order valence-electron chi connectivity index (χ0n) is 14.2. The maximum Gasteiger partial charge on any atom is 0.224 e. The average molecular weight is 369 g/mol. The van der Waals surface area contributed by atoms with Crippen molar-refractivity contribution < 1.29 is 14.0 Å². The van der Waals surface area contributed by atoms with Crippen LogP contribution in [-0.2, 0) is 11.2 Å². The Balaban J connectivity index is 1.56. The lowest BCUT2D eigenvalue weighted by Gasteiger charge is -2.05. The van der Waals surface area contributed by atoms with E-state index in [1.807, 2.05) is 18.2 Å². The third-order valence-corrected chi connectivity index (χ3v) is 4.16. The number of Topliss-reactive ketones (excluding diaryl/α,β-unsaturated/α-hetero) is 1. The molecular formula is C20H17ClN2O3. The van der Waals surface area contributed by atoms with Crippen LogP contribution in [0.4, 0.5) is 5.69 Å². The Kier molecular flexibility index (Phi) is 5.49. The summed E-state index contributed by atoms with van der Waals surface area (Å²) >= 11 is 6.14. The molecule has 0 spiro atoms. The fourth-order valence-electron chi connectivity index (χ4n) is 2.44. The second kappa shape index (κ2) is 7.97. The lowest BCUT2D eigenvalue weighted by molar-refractivity contribution is -0.116. The zero-order valence-corrected chi connectivity index (χ0v) is 14.9. The molecule has 1 aromatic heterocycles. The van der Waals surface area contributed by atoms with E-state index in [0.29, 0.717) is 34.3 Å². The molecule has 3 rings (SSSR count). The molecule has 3 aromatic rings. The Hall–Kier alpha value is -2.92. The molecule has 1 amide bonds. The van der Waals surface area contributed by atoms with Gasteiger partial charge < -0.3 is 9.73 Å². The first-order chi connectivity index (χ1) is 12.5. The number of aryl methyl sites for hydroxylation is 1. The van der Waals surface area contributed by atoms with Gasteiger partial charge in [0, 0.05) is 29.7 Å². The monoisotopic (exact) mass is 368 g/mol. The number of rotatable bonds is 6. The Morgan fingerprint density at radius 2 is 1.85 bits per heavy atom. The number of anilines is 1. The van der Waals surface area contributed by atoms with Crippen molar-refractivity contribution >= 4 is 29.0 Å². The van der Waals surface area contributed by atoms with E-state index < -0.39 is 0 Å². The molecule has 6 heteroatoms. The highest BCUT2D eigenvalue weighted by Crippen LogP contribution is 2.28. The number of ketones is 1. The van der Waals surface area contributed by atoms with Gasteiger partial charge in [-0.15, -0.1) is 0 Å². The first kappa shape index (κ1) is 17.9. The van der Waals surface area contributed by atoms with Crippen LogP contribution in [0, 0.1) is 0 Å². The minimum absolute atomic E-state index is 0.0129. The fourth-order valence-corrected chi connectivity index (χ4v) is 2.67. The van der Waals surface area contributed by atoms with Gasteiger partial charge >= 0.3 is 0 Å². The van der Waals surface area contributed by atoms with Crippen molar-refractivity contribution in [1.29, 1.82) is 0 Å². The molecule has 0 aliphatic carbocycles. The highest BCUT2D eigenvalue weighted by atomic mass is 35.5. The van der Waals surface area contributed by atoms with E-state index in [4.69, 9.17) is 16.0 Å². The van der Waals surface area contributed by atoms with Gasteiger partial charge in [-0.05, 0) is 43.3 Å². The summed E-state index contributed by atoms with van der Waals surface area (Å²) in [6.45, 7) is 1.50. The number of hydrogen-bond acceptors (Lipinski definition) is 4. The van der Waals surface area contributed by atoms with E-state index in [0.717, 1.165) is 5.56 Å². The van der Waals surface area contributed by atoms with E-state index in [2.05, 4.69) is 10.3 Å². The summed E-state index contributed by atoms with van der Waals surface area (Å²) < 4.78 is 5.68. The van der Waals surface area contributed by atoms with Crippen LogP contribution < -0.4 is 5.32 Å². The first-order valence-corrected chi connectivity index (χ1v) is 8.51. The minimum Gasteiger partial charge on any atom is -0.441 e. The number of carbonyl (C=O) groups excluding carboxylic acids is 2. The molecule has 0 radical (unpaired) electrons. The van der Waals surface area contributed by atoms with Crippen LogP contribution in [0.3, 0.4) is 0 Å². The third kappa shape index (κ3) is 4.37. The molecule has 26 heavy (non-hydrogen) atoms. The van der Waals surface area contributed by atoms with Crippen molar-refractivity contribution in [3.8, 4) is 11.3 Å². The van der Waals surface area contributed by atoms with Gasteiger partial charge in [0.15, 0.2) is 17.4 Å². The highest BCUT2D eigenvalue weighted by Gasteiger charge is 2.11. The average Bonchev–Trinajstić information content (AvgIpc) is 3.09. The van der Waals surface area contributed by atoms with E-state index in [1.165, 1.54) is 6.92 Å². The van der Waals surface area contributed by atoms with Crippen molar-refractivity contribution in [1.82, 2.24) is 4.98 Å². The molecule has 0 bridgehead atoms. The van der Waals surface area contributed by atoms with Crippen LogP contribution in [0.5, 0.6) is 0 Å². The Labute approximate surface area is 156 Å². The number of amides is 1. The molecule has 0 fully saturated rings. The van der Waals surface area contributed by atoms with E-state index in [1.54, 1.807) is 36.5 Å². The van der Waals surface area contributed by atoms with Crippen LogP contribution in [0.2, 0.25) is 5.02 Å². The summed E-state index contributed by atoms with van der Waals surface area (Å²) in [7, 11) is 0. The van der Waals surface area contributed by atoms with Gasteiger partial charge in [-0.3, -0.25) is 9.59 Å². The number of carbonyl (C=O) groups is 2. The number of hydrogen-bond donors (Lipinski definition) is 1. The minimum atomic E-state index is -0.155. The summed E-state index contributed by atoms with van der Waals surface area (Å²) in [6.07, 6.45) is 2.22. The number of nitrogens with zero attached hydrogens (tertiary/aromatic N) is 1. The summed E-state index contributed by atoms with van der Waals surface area (Å²) in [6, 6.07) is 14.1. The zero-order chi connectivity index (χ0) is 18.5. The molecule has 0 aliphatic heterocycles. The molecular weight excluding hydrogens is 352 g/mol. The molecule has 1 N–H and O–H groups in total. The third-order valence-electron chi connectivity index (χ3n) is 3.83. The lowest BCUT2D eigenvalue weighted by atomic mass is 10.1. The van der Waals surface area contributed by atoms with Gasteiger partial charge in [0.25, 0.3) is 0 Å². The van der Waals surface area contributed by atoms with Crippen molar-refractivity contribution in [2.75, 3.05) is 5.32 Å². The predicted octanol–water partition coefficient (Wildman–Crippen LogP) is 4.77. The molecule has 5 nitrogen and oxygen atoms in total. The Morgan fingerprint density at radius 3 is 2.54 bits per heavy atom. The van der Waals surface area contributed by atoms with Crippen molar-refractivity contribution in [3.63, 3.8) is 0 Å². The normalized spacial score (nSPS) is 10.5. The summed E-state index contributed by atoms with van der Waals surface area (Å²) in [4.78, 5) is 27.5. The number of oxazole rings is 1. The van der Waals surface area contributed by atoms with Crippen LogP contribution in [0.1, 0.15) is 29.6 Å². The maximum absolute atomic E-state index is 12.1. The SMILES string of the molecule is CC(=O)c1ccc(NC(=O)CCc2ncc(-c3ccccc3Cl)o2)cc1. The van der Waals surface area contributed by atoms with Gasteiger partial charge in [0.05, 0.1) is 11.2 Å². The largest absolute Gasteiger partial charge is 0.441 e. The lowest BCUT2D eigenvalue weighted by Crippen LogP contribution is -2.12. The summed E-state index contributed by atoms with van der Waals surface area (Å²) in [5.41, 5.74) is 2.02. The summed E-state index contributed by atoms with van der Waals surface area (Å²) in [5.74, 6) is 0.881. The van der Waals surface area contributed by atoms with E-state index >= 15 is 0 Å². The fraction of sp³-hybridized carbons (Fsp3) is 0.150. The smallest absolute Gasteiger partial charge is 0.224 e. The Morgan fingerprint density at radius 1 is 1.12 bits per heavy atom. The Bertz CT molecular complexity index is 932.